The van der Waals surface area contributed by atoms with Gasteiger partial charge in [0.05, 0.1) is 13.9 Å². The zero-order valence-corrected chi connectivity index (χ0v) is 15.6. The molecule has 1 N–H and O–H groups in total. The van der Waals surface area contributed by atoms with Crippen LogP contribution in [0.1, 0.15) is 27.0 Å². The number of amides is 2. The third-order valence-corrected chi connectivity index (χ3v) is 5.82. The SMILES string of the molecule is [2H]C1([2H])Oc2ccc([C@]3([2H])c4[nH]c5ccccc5c4C[C@@H]4C(=O)N(C)CC(=O)N43)cc2O1. The average Bonchev–Trinajstić information content (AvgIpc) is 3.27. The number of hydrogen-bond acceptors (Lipinski definition) is 4. The number of carbonyl (C=O) groups is 2. The van der Waals surface area contributed by atoms with E-state index in [1.807, 2.05) is 24.3 Å². The molecule has 6 rings (SSSR count). The summed E-state index contributed by atoms with van der Waals surface area (Å²) >= 11 is 0. The van der Waals surface area contributed by atoms with Crippen molar-refractivity contribution in [1.82, 2.24) is 14.8 Å². The van der Waals surface area contributed by atoms with Crippen molar-refractivity contribution in [2.75, 3.05) is 20.3 Å². The predicted molar refractivity (Wildman–Crippen MR) is 105 cm³/mol. The molecule has 7 heteroatoms. The van der Waals surface area contributed by atoms with Crippen molar-refractivity contribution in [3.63, 3.8) is 0 Å². The van der Waals surface area contributed by atoms with Crippen molar-refractivity contribution in [1.29, 1.82) is 0 Å². The van der Waals surface area contributed by atoms with E-state index in [0.717, 1.165) is 16.5 Å². The van der Waals surface area contributed by atoms with Gasteiger partial charge in [-0.3, -0.25) is 9.59 Å². The number of aromatic nitrogens is 1. The Bertz CT molecular complexity index is 1320. The molecule has 7 nitrogen and oxygen atoms in total. The number of H-pyrrole nitrogens is 1. The van der Waals surface area contributed by atoms with E-state index in [2.05, 4.69) is 4.98 Å². The number of aromatic amines is 1. The number of carbonyl (C=O) groups excluding carboxylic acids is 2. The van der Waals surface area contributed by atoms with Gasteiger partial charge < -0.3 is 24.3 Å². The number of para-hydroxylation sites is 1. The number of fused-ring (bicyclic) bond motifs is 5. The summed E-state index contributed by atoms with van der Waals surface area (Å²) in [6.07, 6.45) is 0.308. The Morgan fingerprint density at radius 1 is 1.17 bits per heavy atom. The maximum atomic E-state index is 13.2. The first-order valence-corrected chi connectivity index (χ1v) is 9.39. The van der Waals surface area contributed by atoms with Gasteiger partial charge in [0, 0.05) is 30.1 Å². The molecule has 0 spiro atoms. The lowest BCUT2D eigenvalue weighted by Crippen LogP contribution is -2.62. The molecule has 3 aliphatic rings. The summed E-state index contributed by atoms with van der Waals surface area (Å²) in [7, 11) is 1.59. The van der Waals surface area contributed by atoms with E-state index >= 15 is 0 Å². The summed E-state index contributed by atoms with van der Waals surface area (Å²) in [4.78, 5) is 32.4. The molecule has 0 radical (unpaired) electrons. The van der Waals surface area contributed by atoms with Crippen LogP contribution in [0.15, 0.2) is 42.5 Å². The average molecular weight is 392 g/mol. The smallest absolute Gasteiger partial charge is 0.245 e. The van der Waals surface area contributed by atoms with Crippen LogP contribution >= 0.6 is 0 Å². The van der Waals surface area contributed by atoms with Crippen molar-refractivity contribution in [3.05, 3.63) is 59.3 Å². The molecule has 3 aliphatic heterocycles. The van der Waals surface area contributed by atoms with Crippen molar-refractivity contribution >= 4 is 22.7 Å². The Hall–Kier alpha value is -3.48. The minimum atomic E-state index is -2.31. The van der Waals surface area contributed by atoms with Crippen LogP contribution in [-0.4, -0.2) is 53.0 Å². The molecule has 0 saturated carbocycles. The van der Waals surface area contributed by atoms with Gasteiger partial charge in [-0.25, -0.2) is 0 Å². The number of hydrogen-bond donors (Lipinski definition) is 1. The highest BCUT2D eigenvalue weighted by atomic mass is 16.7. The zero-order valence-electron chi connectivity index (χ0n) is 18.6. The number of rotatable bonds is 1. The van der Waals surface area contributed by atoms with Crippen LogP contribution < -0.4 is 9.47 Å². The number of ether oxygens (including phenoxy) is 2. The molecule has 1 saturated heterocycles. The second-order valence-electron chi connectivity index (χ2n) is 7.50. The maximum Gasteiger partial charge on any atom is 0.245 e. The number of piperazine rings is 1. The van der Waals surface area contributed by atoms with Crippen LogP contribution in [0.5, 0.6) is 11.5 Å². The van der Waals surface area contributed by atoms with E-state index in [0.29, 0.717) is 17.7 Å². The number of likely N-dealkylation sites (N-methyl/N-ethyl adjacent to an activating group) is 1. The summed E-state index contributed by atoms with van der Waals surface area (Å²) < 4.78 is 35.5. The van der Waals surface area contributed by atoms with Crippen LogP contribution in [0, 0.1) is 0 Å². The summed E-state index contributed by atoms with van der Waals surface area (Å²) in [5, 5.41) is 0.907. The lowest BCUT2D eigenvalue weighted by molar-refractivity contribution is -0.157. The van der Waals surface area contributed by atoms with Crippen LogP contribution in [0.2, 0.25) is 0 Å². The minimum absolute atomic E-state index is 0.112. The topological polar surface area (TPSA) is 74.9 Å². The Morgan fingerprint density at radius 2 is 2.00 bits per heavy atom. The number of nitrogens with zero attached hydrogens (tertiary/aromatic N) is 2. The lowest BCUT2D eigenvalue weighted by Gasteiger charge is -2.46. The summed E-state index contributed by atoms with van der Waals surface area (Å²) in [5.74, 6) is -0.183. The first kappa shape index (κ1) is 13.7. The van der Waals surface area contributed by atoms with Gasteiger partial charge in [0.1, 0.15) is 8.78 Å². The minimum Gasteiger partial charge on any atom is -0.454 e. The van der Waals surface area contributed by atoms with Crippen molar-refractivity contribution in [2.24, 2.45) is 0 Å². The molecule has 0 unspecified atom stereocenters. The lowest BCUT2D eigenvalue weighted by atomic mass is 9.86. The normalized spacial score (nSPS) is 28.6. The highest BCUT2D eigenvalue weighted by Crippen LogP contribution is 2.44. The molecule has 3 aromatic rings. The number of benzene rings is 2. The van der Waals surface area contributed by atoms with Gasteiger partial charge in [0.25, 0.3) is 0 Å². The van der Waals surface area contributed by atoms with Gasteiger partial charge >= 0.3 is 0 Å². The van der Waals surface area contributed by atoms with E-state index < -0.39 is 18.8 Å². The molecule has 1 aromatic heterocycles. The third-order valence-electron chi connectivity index (χ3n) is 5.82. The summed E-state index contributed by atoms with van der Waals surface area (Å²) in [5.41, 5.74) is 2.53. The maximum absolute atomic E-state index is 13.2. The van der Waals surface area contributed by atoms with E-state index in [1.54, 1.807) is 13.1 Å². The first-order valence-electron chi connectivity index (χ1n) is 10.9. The second-order valence-corrected chi connectivity index (χ2v) is 7.50. The molecule has 2 aromatic carbocycles. The fourth-order valence-corrected chi connectivity index (χ4v) is 4.50. The zero-order chi connectivity index (χ0) is 22.4. The van der Waals surface area contributed by atoms with Gasteiger partial charge in [0.2, 0.25) is 18.6 Å². The quantitative estimate of drug-likeness (QED) is 0.689. The molecule has 0 aliphatic carbocycles. The molecule has 1 fully saturated rings. The first-order chi connectivity index (χ1) is 15.2. The molecule has 29 heavy (non-hydrogen) atoms. The van der Waals surface area contributed by atoms with Crippen LogP contribution in [0.4, 0.5) is 0 Å². The standard InChI is InChI=1S/C22H19N3O4/c1-24-10-19(26)25-16(22(24)27)9-14-13-4-2-3-5-15(13)23-20(14)21(25)12-6-7-17-18(8-12)29-11-28-17/h2-8,16,21,23H,9-11H2,1H3/t16-,21-/m1/s1/i11D2,21D. The van der Waals surface area contributed by atoms with E-state index in [-0.39, 0.29) is 29.9 Å². The monoisotopic (exact) mass is 392 g/mol. The molecule has 146 valence electrons. The van der Waals surface area contributed by atoms with Gasteiger partial charge in [-0.15, -0.1) is 0 Å². The van der Waals surface area contributed by atoms with E-state index in [4.69, 9.17) is 12.2 Å². The summed E-state index contributed by atoms with van der Waals surface area (Å²) in [6.45, 7) is -2.42. The van der Waals surface area contributed by atoms with Crippen LogP contribution in [0.25, 0.3) is 10.9 Å². The van der Waals surface area contributed by atoms with Crippen LogP contribution in [-0.2, 0) is 16.0 Å². The Labute approximate surface area is 171 Å². The van der Waals surface area contributed by atoms with Crippen LogP contribution in [0.3, 0.4) is 0 Å². The van der Waals surface area contributed by atoms with E-state index in [9.17, 15) is 11.0 Å². The molecule has 4 heterocycles. The molecule has 2 atom stereocenters. The Morgan fingerprint density at radius 3 is 2.90 bits per heavy atom. The molecule has 2 amide bonds. The van der Waals surface area contributed by atoms with Gasteiger partial charge in [-0.1, -0.05) is 24.3 Å². The van der Waals surface area contributed by atoms with Gasteiger partial charge in [-0.05, 0) is 29.3 Å². The fraction of sp³-hybridized carbons (Fsp3) is 0.273. The second kappa shape index (κ2) is 5.76. The summed E-state index contributed by atoms with van der Waals surface area (Å²) in [6, 6.07) is 9.73. The van der Waals surface area contributed by atoms with Gasteiger partial charge in [-0.2, -0.15) is 0 Å². The molecular weight excluding hydrogens is 370 g/mol. The molecular formula is C22H19N3O4. The van der Waals surface area contributed by atoms with E-state index in [1.165, 1.54) is 21.9 Å². The van der Waals surface area contributed by atoms with Crippen molar-refractivity contribution in [3.8, 4) is 11.5 Å². The Balaban J connectivity index is 1.61. The largest absolute Gasteiger partial charge is 0.454 e. The fourth-order valence-electron chi connectivity index (χ4n) is 4.50. The third kappa shape index (κ3) is 2.24. The number of nitrogens with one attached hydrogen (secondary N) is 1. The molecule has 0 bridgehead atoms. The van der Waals surface area contributed by atoms with Gasteiger partial charge in [0.15, 0.2) is 11.5 Å². The highest BCUT2D eigenvalue weighted by Gasteiger charge is 2.47. The van der Waals surface area contributed by atoms with Crippen molar-refractivity contribution < 1.29 is 23.2 Å². The predicted octanol–water partition coefficient (Wildman–Crippen LogP) is 2.21. The highest BCUT2D eigenvalue weighted by molar-refractivity contribution is 5.97. The Kier molecular flexibility index (Phi) is 2.71. The van der Waals surface area contributed by atoms with Crippen molar-refractivity contribution in [2.45, 2.75) is 18.5 Å².